The van der Waals surface area contributed by atoms with E-state index in [-0.39, 0.29) is 18.3 Å². The van der Waals surface area contributed by atoms with Crippen molar-refractivity contribution in [3.8, 4) is 0 Å². The van der Waals surface area contributed by atoms with Gasteiger partial charge >= 0.3 is 12.1 Å². The number of ether oxygens (including phenoxy) is 2. The van der Waals surface area contributed by atoms with Crippen LogP contribution in [0, 0.1) is 13.8 Å². The molecule has 0 aliphatic heterocycles. The van der Waals surface area contributed by atoms with Crippen LogP contribution in [0.2, 0.25) is 0 Å². The maximum atomic E-state index is 13.8. The summed E-state index contributed by atoms with van der Waals surface area (Å²) in [5.41, 5.74) is 1.68. The van der Waals surface area contributed by atoms with Gasteiger partial charge in [-0.25, -0.2) is 4.79 Å². The van der Waals surface area contributed by atoms with Crippen LogP contribution in [0.4, 0.5) is 4.79 Å². The van der Waals surface area contributed by atoms with Gasteiger partial charge in [0.15, 0.2) is 0 Å². The zero-order chi connectivity index (χ0) is 26.9. The Morgan fingerprint density at radius 1 is 1.14 bits per heavy atom. The second-order valence-corrected chi connectivity index (χ2v) is 9.81. The van der Waals surface area contributed by atoms with E-state index in [1.807, 2.05) is 39.8 Å². The van der Waals surface area contributed by atoms with E-state index >= 15 is 0 Å². The van der Waals surface area contributed by atoms with Gasteiger partial charge in [-0.2, -0.15) is 12.6 Å². The van der Waals surface area contributed by atoms with Crippen LogP contribution in [0.1, 0.15) is 63.8 Å². The zero-order valence-corrected chi connectivity index (χ0v) is 22.8. The third-order valence-corrected chi connectivity index (χ3v) is 5.74. The van der Waals surface area contributed by atoms with Crippen LogP contribution in [0.15, 0.2) is 18.2 Å². The van der Waals surface area contributed by atoms with E-state index in [4.69, 9.17) is 4.74 Å². The normalized spacial score (nSPS) is 13.7. The monoisotopic (exact) mass is 509 g/mol. The third-order valence-electron chi connectivity index (χ3n) is 5.37. The van der Waals surface area contributed by atoms with Gasteiger partial charge in [0.2, 0.25) is 11.8 Å². The standard InChI is InChI=1S/C25H39N3O6S/c1-9-17(4)28(23(31)19(14-35)27-24(32)34-25(5,6)7)21(22(30)26-13-20(29)33-8)18-11-10-15(2)12-16(18)3/h10-12,17,19,21,35H,9,13-14H2,1-8H3,(H,26,30)(H,27,32). The molecular weight excluding hydrogens is 470 g/mol. The van der Waals surface area contributed by atoms with E-state index < -0.39 is 41.6 Å². The van der Waals surface area contributed by atoms with E-state index in [0.717, 1.165) is 11.1 Å². The molecule has 0 radical (unpaired) electrons. The van der Waals surface area contributed by atoms with Gasteiger partial charge in [-0.15, -0.1) is 0 Å². The molecule has 0 fully saturated rings. The van der Waals surface area contributed by atoms with Gasteiger partial charge in [-0.05, 0) is 59.1 Å². The minimum absolute atomic E-state index is 0.00557. The molecule has 9 nitrogen and oxygen atoms in total. The number of esters is 1. The first-order valence-corrected chi connectivity index (χ1v) is 12.2. The summed E-state index contributed by atoms with van der Waals surface area (Å²) in [6, 6.07) is 3.11. The maximum Gasteiger partial charge on any atom is 0.408 e. The Kier molecular flexibility index (Phi) is 11.6. The van der Waals surface area contributed by atoms with E-state index in [2.05, 4.69) is 28.0 Å². The topological polar surface area (TPSA) is 114 Å². The molecule has 0 aromatic heterocycles. The van der Waals surface area contributed by atoms with Crippen molar-refractivity contribution in [2.24, 2.45) is 0 Å². The number of rotatable bonds is 10. The SMILES string of the molecule is CCC(C)N(C(=O)C(CS)NC(=O)OC(C)(C)C)C(C(=O)NCC(=O)OC)c1ccc(C)cc1C. The average Bonchev–Trinajstić information content (AvgIpc) is 2.77. The Hall–Kier alpha value is -2.75. The fourth-order valence-electron chi connectivity index (χ4n) is 3.49. The Bertz CT molecular complexity index is 915. The summed E-state index contributed by atoms with van der Waals surface area (Å²) < 4.78 is 9.94. The fraction of sp³-hybridized carbons (Fsp3) is 0.600. The van der Waals surface area contributed by atoms with Crippen LogP contribution in [-0.2, 0) is 23.9 Å². The molecule has 0 bridgehead atoms. The van der Waals surface area contributed by atoms with Gasteiger partial charge in [0.25, 0.3) is 0 Å². The second kappa shape index (κ2) is 13.4. The molecule has 0 aliphatic rings. The molecule has 10 heteroatoms. The number of hydrogen-bond donors (Lipinski definition) is 3. The van der Waals surface area contributed by atoms with Crippen LogP contribution in [0.25, 0.3) is 0 Å². The summed E-state index contributed by atoms with van der Waals surface area (Å²) in [6.45, 7) is 12.3. The number of carbonyl (C=O) groups excluding carboxylic acids is 4. The first-order valence-electron chi connectivity index (χ1n) is 11.6. The summed E-state index contributed by atoms with van der Waals surface area (Å²) in [5.74, 6) is -1.64. The Morgan fingerprint density at radius 3 is 2.26 bits per heavy atom. The lowest BCUT2D eigenvalue weighted by molar-refractivity contribution is -0.146. The highest BCUT2D eigenvalue weighted by Gasteiger charge is 2.38. The Balaban J connectivity index is 3.49. The molecule has 0 spiro atoms. The van der Waals surface area contributed by atoms with Crippen molar-refractivity contribution in [2.75, 3.05) is 19.4 Å². The molecule has 3 amide bonds. The van der Waals surface area contributed by atoms with Gasteiger partial charge in [-0.3, -0.25) is 14.4 Å². The summed E-state index contributed by atoms with van der Waals surface area (Å²) in [7, 11) is 1.23. The fourth-order valence-corrected chi connectivity index (χ4v) is 3.74. The van der Waals surface area contributed by atoms with Gasteiger partial charge in [0, 0.05) is 11.8 Å². The van der Waals surface area contributed by atoms with Crippen molar-refractivity contribution in [1.29, 1.82) is 0 Å². The van der Waals surface area contributed by atoms with Gasteiger partial charge in [0.05, 0.1) is 7.11 Å². The highest BCUT2D eigenvalue weighted by molar-refractivity contribution is 7.80. The molecule has 1 aromatic carbocycles. The molecule has 0 heterocycles. The van der Waals surface area contributed by atoms with Crippen molar-refractivity contribution in [2.45, 2.75) is 78.6 Å². The van der Waals surface area contributed by atoms with Crippen LogP contribution >= 0.6 is 12.6 Å². The third kappa shape index (κ3) is 9.08. The Labute approximate surface area is 213 Å². The minimum atomic E-state index is -1.05. The molecule has 1 rings (SSSR count). The average molecular weight is 510 g/mol. The highest BCUT2D eigenvalue weighted by Crippen LogP contribution is 2.29. The predicted octanol–water partition coefficient (Wildman–Crippen LogP) is 3.08. The lowest BCUT2D eigenvalue weighted by atomic mass is 9.95. The number of benzene rings is 1. The molecule has 3 unspecified atom stereocenters. The van der Waals surface area contributed by atoms with E-state index in [9.17, 15) is 19.2 Å². The van der Waals surface area contributed by atoms with Crippen LogP contribution in [0.3, 0.4) is 0 Å². The molecule has 0 saturated heterocycles. The molecule has 0 aliphatic carbocycles. The maximum absolute atomic E-state index is 13.8. The molecule has 2 N–H and O–H groups in total. The summed E-state index contributed by atoms with van der Waals surface area (Å²) in [6.07, 6.45) is -0.212. The van der Waals surface area contributed by atoms with E-state index in [1.54, 1.807) is 26.8 Å². The van der Waals surface area contributed by atoms with Crippen molar-refractivity contribution in [3.05, 3.63) is 34.9 Å². The summed E-state index contributed by atoms with van der Waals surface area (Å²) in [5, 5.41) is 5.15. The van der Waals surface area contributed by atoms with E-state index in [0.29, 0.717) is 12.0 Å². The Morgan fingerprint density at radius 2 is 1.77 bits per heavy atom. The summed E-state index contributed by atoms with van der Waals surface area (Å²) in [4.78, 5) is 52.8. The zero-order valence-electron chi connectivity index (χ0n) is 21.9. The largest absolute Gasteiger partial charge is 0.468 e. The van der Waals surface area contributed by atoms with Crippen molar-refractivity contribution in [3.63, 3.8) is 0 Å². The first kappa shape index (κ1) is 30.3. The molecular formula is C25H39N3O6S. The van der Waals surface area contributed by atoms with Crippen LogP contribution in [-0.4, -0.2) is 65.9 Å². The van der Waals surface area contributed by atoms with Gasteiger partial charge in [-0.1, -0.05) is 30.7 Å². The smallest absolute Gasteiger partial charge is 0.408 e. The number of nitrogens with one attached hydrogen (secondary N) is 2. The van der Waals surface area contributed by atoms with Crippen molar-refractivity contribution < 1.29 is 28.7 Å². The lowest BCUT2D eigenvalue weighted by Crippen LogP contribution is -2.56. The molecule has 1 aromatic rings. The van der Waals surface area contributed by atoms with E-state index in [1.165, 1.54) is 12.0 Å². The molecule has 196 valence electrons. The number of carbonyl (C=O) groups is 4. The molecule has 35 heavy (non-hydrogen) atoms. The number of methoxy groups -OCH3 is 1. The number of hydrogen-bond acceptors (Lipinski definition) is 7. The molecule has 0 saturated carbocycles. The number of aryl methyl sites for hydroxylation is 2. The van der Waals surface area contributed by atoms with Gasteiger partial charge in [0.1, 0.15) is 24.2 Å². The quantitative estimate of drug-likeness (QED) is 0.330. The number of thiol groups is 1. The predicted molar refractivity (Wildman–Crippen MR) is 137 cm³/mol. The first-order chi connectivity index (χ1) is 16.2. The number of nitrogens with zero attached hydrogens (tertiary/aromatic N) is 1. The van der Waals surface area contributed by atoms with Crippen LogP contribution in [0.5, 0.6) is 0 Å². The second-order valence-electron chi connectivity index (χ2n) is 9.44. The minimum Gasteiger partial charge on any atom is -0.468 e. The van der Waals surface area contributed by atoms with Crippen LogP contribution < -0.4 is 10.6 Å². The highest BCUT2D eigenvalue weighted by atomic mass is 32.1. The summed E-state index contributed by atoms with van der Waals surface area (Å²) >= 11 is 4.28. The number of alkyl carbamates (subject to hydrolysis) is 1. The van der Waals surface area contributed by atoms with Crippen molar-refractivity contribution >= 4 is 36.5 Å². The van der Waals surface area contributed by atoms with Crippen molar-refractivity contribution in [1.82, 2.24) is 15.5 Å². The number of amides is 3. The molecule has 3 atom stereocenters. The lowest BCUT2D eigenvalue weighted by Gasteiger charge is -2.38. The van der Waals surface area contributed by atoms with Gasteiger partial charge < -0.3 is 25.0 Å².